The number of carbonyl (C=O) groups excluding carboxylic acids is 5. The van der Waals surface area contributed by atoms with Crippen LogP contribution in [0, 0.1) is 13.8 Å². The second kappa shape index (κ2) is 30.1. The fourth-order valence-corrected chi connectivity index (χ4v) is 9.82. The van der Waals surface area contributed by atoms with E-state index in [9.17, 15) is 44.4 Å². The first-order valence-electron chi connectivity index (χ1n) is 26.5. The van der Waals surface area contributed by atoms with E-state index in [2.05, 4.69) is 22.9 Å². The number of aromatic hydroxyl groups is 1. The Kier molecular flexibility index (Phi) is 24.1. The Labute approximate surface area is 431 Å². The molecule has 0 unspecified atom stereocenters. The number of carbonyl (C=O) groups is 5. The fourth-order valence-electron chi connectivity index (χ4n) is 9.82. The molecule has 0 saturated carbocycles. The minimum Gasteiger partial charge on any atom is -0.508 e. The molecule has 0 radical (unpaired) electrons. The standard InChI is InChI=1S/C56H82N6O11/c1-4-5-6-7-8-9-10-11-12-13-14-22-29-72-56-49(66)47(64)48(65)50(73-56)54(70)59-28-21-20-27-44(51(58)67)60-52(68)45(32-38-23-16-15-17-24-38)61-53(69)46-33-39-25-18-19-26-40(39)35-62(46)55(71)43(57)34-42-36(2)30-41(63)31-37(42)3/h15-19,23-26,30-31,43-50,56,63-66H,4-14,20-22,27-29,32-35,57H2,1-3H3,(H2,58,67)(H,59,70)(H,60,68)(H,61,69)/t43-,44-,45-,46-,47-,48-,49+,50-,56+/m0/s1. The number of aryl methyl sites for hydroxylation is 2. The molecule has 2 aliphatic heterocycles. The molecule has 11 N–H and O–H groups in total. The molecule has 1 fully saturated rings. The van der Waals surface area contributed by atoms with Gasteiger partial charge in [-0.05, 0) is 91.5 Å². The zero-order valence-electron chi connectivity index (χ0n) is 43.1. The number of aliphatic hydroxyl groups is 3. The Hall–Kier alpha value is -5.43. The quantitative estimate of drug-likeness (QED) is 0.0422. The van der Waals surface area contributed by atoms with Gasteiger partial charge in [-0.1, -0.05) is 132 Å². The molecule has 3 aromatic carbocycles. The zero-order valence-corrected chi connectivity index (χ0v) is 43.1. The Bertz CT molecular complexity index is 2210. The van der Waals surface area contributed by atoms with Crippen molar-refractivity contribution in [3.63, 3.8) is 0 Å². The van der Waals surface area contributed by atoms with Crippen molar-refractivity contribution in [2.75, 3.05) is 13.2 Å². The number of primary amides is 1. The van der Waals surface area contributed by atoms with E-state index in [4.69, 9.17) is 20.9 Å². The van der Waals surface area contributed by atoms with Crippen LogP contribution in [-0.4, -0.2) is 123 Å². The summed E-state index contributed by atoms with van der Waals surface area (Å²) in [5.41, 5.74) is 17.2. The molecule has 0 aromatic heterocycles. The van der Waals surface area contributed by atoms with E-state index in [0.29, 0.717) is 19.3 Å². The van der Waals surface area contributed by atoms with Gasteiger partial charge in [0.2, 0.25) is 23.6 Å². The van der Waals surface area contributed by atoms with Gasteiger partial charge in [0.25, 0.3) is 5.91 Å². The van der Waals surface area contributed by atoms with Crippen molar-refractivity contribution in [1.29, 1.82) is 0 Å². The number of unbranched alkanes of at least 4 members (excludes halogenated alkanes) is 12. The van der Waals surface area contributed by atoms with E-state index in [1.165, 1.54) is 56.3 Å². The van der Waals surface area contributed by atoms with Crippen molar-refractivity contribution in [3.05, 3.63) is 100 Å². The summed E-state index contributed by atoms with van der Waals surface area (Å²) in [7, 11) is 0. The summed E-state index contributed by atoms with van der Waals surface area (Å²) in [6.07, 6.45) is 7.40. The Morgan fingerprint density at radius 3 is 1.96 bits per heavy atom. The van der Waals surface area contributed by atoms with Gasteiger partial charge in [-0.15, -0.1) is 0 Å². The SMILES string of the molecule is CCCCCCCCCCCCCCO[C@@H]1O[C@H](C(=O)NCCCC[C@H](NC(=O)[C@H](Cc2ccccc2)NC(=O)[C@@H]2Cc3ccccc3CN2C(=O)[C@@H](N)Cc2c(C)cc(O)cc2C)C(N)=O)[C@@H](O)[C@H](O)[C@H]1O. The molecule has 73 heavy (non-hydrogen) atoms. The van der Waals surface area contributed by atoms with Crippen LogP contribution in [0.15, 0.2) is 66.7 Å². The Morgan fingerprint density at radius 2 is 1.33 bits per heavy atom. The number of rotatable bonds is 30. The lowest BCUT2D eigenvalue weighted by Crippen LogP contribution is -2.62. The van der Waals surface area contributed by atoms with Crippen LogP contribution in [0.4, 0.5) is 0 Å². The number of benzene rings is 3. The molecular formula is C56H82N6O11. The van der Waals surface area contributed by atoms with E-state index < -0.39 is 84.4 Å². The number of amides is 5. The van der Waals surface area contributed by atoms with E-state index in [1.807, 2.05) is 44.2 Å². The maximum atomic E-state index is 14.5. The van der Waals surface area contributed by atoms with Crippen LogP contribution < -0.4 is 27.4 Å². The Morgan fingerprint density at radius 1 is 0.726 bits per heavy atom. The second-order valence-electron chi connectivity index (χ2n) is 20.0. The van der Waals surface area contributed by atoms with Crippen molar-refractivity contribution in [3.8, 4) is 5.75 Å². The largest absolute Gasteiger partial charge is 0.508 e. The summed E-state index contributed by atoms with van der Waals surface area (Å²) >= 11 is 0. The summed E-state index contributed by atoms with van der Waals surface area (Å²) in [5.74, 6) is -3.12. The molecule has 5 rings (SSSR count). The van der Waals surface area contributed by atoms with Crippen LogP contribution in [0.3, 0.4) is 0 Å². The third-order valence-corrected chi connectivity index (χ3v) is 14.2. The van der Waals surface area contributed by atoms with Crippen LogP contribution >= 0.6 is 0 Å². The van der Waals surface area contributed by atoms with Crippen LogP contribution in [0.2, 0.25) is 0 Å². The lowest BCUT2D eigenvalue weighted by molar-refractivity contribution is -0.290. The molecule has 0 aliphatic carbocycles. The average Bonchev–Trinajstić information content (AvgIpc) is 3.37. The number of fused-ring (bicyclic) bond motifs is 1. The first-order valence-corrected chi connectivity index (χ1v) is 26.5. The molecule has 2 aliphatic rings. The molecule has 0 bridgehead atoms. The normalized spacial score (nSPS) is 20.8. The van der Waals surface area contributed by atoms with Gasteiger partial charge in [-0.2, -0.15) is 0 Å². The third-order valence-electron chi connectivity index (χ3n) is 14.2. The van der Waals surface area contributed by atoms with Crippen molar-refractivity contribution in [2.24, 2.45) is 11.5 Å². The summed E-state index contributed by atoms with van der Waals surface area (Å²) in [4.78, 5) is 70.3. The van der Waals surface area contributed by atoms with Gasteiger partial charge in [0.1, 0.15) is 42.2 Å². The molecule has 0 spiro atoms. The molecule has 9 atom stereocenters. The fraction of sp³-hybridized carbons (Fsp3) is 0.589. The number of hydrogen-bond donors (Lipinski definition) is 9. The highest BCUT2D eigenvalue weighted by molar-refractivity contribution is 5.95. The van der Waals surface area contributed by atoms with Gasteiger partial charge in [-0.3, -0.25) is 24.0 Å². The monoisotopic (exact) mass is 1010 g/mol. The van der Waals surface area contributed by atoms with Crippen molar-refractivity contribution >= 4 is 29.5 Å². The number of ether oxygens (including phenoxy) is 2. The van der Waals surface area contributed by atoms with E-state index in [0.717, 1.165) is 52.6 Å². The molecule has 17 nitrogen and oxygen atoms in total. The molecule has 2 heterocycles. The smallest absolute Gasteiger partial charge is 0.252 e. The van der Waals surface area contributed by atoms with Crippen LogP contribution in [0.25, 0.3) is 0 Å². The van der Waals surface area contributed by atoms with Gasteiger partial charge in [0.15, 0.2) is 12.4 Å². The van der Waals surface area contributed by atoms with Gasteiger partial charge in [-0.25, -0.2) is 0 Å². The maximum Gasteiger partial charge on any atom is 0.252 e. The zero-order chi connectivity index (χ0) is 52.9. The van der Waals surface area contributed by atoms with Crippen LogP contribution in [0.1, 0.15) is 137 Å². The number of phenols is 1. The van der Waals surface area contributed by atoms with Crippen LogP contribution in [0.5, 0.6) is 5.75 Å². The lowest BCUT2D eigenvalue weighted by atomic mass is 9.91. The van der Waals surface area contributed by atoms with Crippen molar-refractivity contribution in [2.45, 2.75) is 198 Å². The van der Waals surface area contributed by atoms with Gasteiger partial charge >= 0.3 is 0 Å². The molecule has 17 heteroatoms. The van der Waals surface area contributed by atoms with Crippen molar-refractivity contribution in [1.82, 2.24) is 20.9 Å². The van der Waals surface area contributed by atoms with E-state index in [1.54, 1.807) is 36.4 Å². The van der Waals surface area contributed by atoms with Gasteiger partial charge in [0, 0.05) is 32.5 Å². The lowest BCUT2D eigenvalue weighted by Gasteiger charge is -2.39. The first kappa shape index (κ1) is 58.5. The Balaban J connectivity index is 1.13. The number of nitrogens with two attached hydrogens (primary N) is 2. The molecule has 3 aromatic rings. The number of hydrogen-bond acceptors (Lipinski definition) is 12. The predicted molar refractivity (Wildman–Crippen MR) is 278 cm³/mol. The summed E-state index contributed by atoms with van der Waals surface area (Å²) in [5, 5.41) is 50.1. The summed E-state index contributed by atoms with van der Waals surface area (Å²) in [6, 6.07) is 15.4. The minimum absolute atomic E-state index is 0.0538. The highest BCUT2D eigenvalue weighted by Gasteiger charge is 2.47. The molecule has 1 saturated heterocycles. The summed E-state index contributed by atoms with van der Waals surface area (Å²) < 4.78 is 11.4. The minimum atomic E-state index is -1.71. The van der Waals surface area contributed by atoms with Crippen LogP contribution in [-0.2, 0) is 59.3 Å². The van der Waals surface area contributed by atoms with Gasteiger partial charge in [0.05, 0.1) is 6.04 Å². The topological polar surface area (TPSA) is 276 Å². The third kappa shape index (κ3) is 17.9. The number of nitrogens with zero attached hydrogens (tertiary/aromatic N) is 1. The molecule has 5 amide bonds. The predicted octanol–water partition coefficient (Wildman–Crippen LogP) is 4.34. The van der Waals surface area contributed by atoms with E-state index >= 15 is 0 Å². The second-order valence-corrected chi connectivity index (χ2v) is 20.0. The number of nitrogens with one attached hydrogen (secondary N) is 3. The number of aliphatic hydroxyl groups excluding tert-OH is 3. The van der Waals surface area contributed by atoms with Gasteiger partial charge < -0.3 is 62.2 Å². The molecule has 402 valence electrons. The first-order chi connectivity index (χ1) is 35.1. The average molecular weight is 1020 g/mol. The van der Waals surface area contributed by atoms with Crippen molar-refractivity contribution < 1.29 is 53.9 Å². The highest BCUT2D eigenvalue weighted by Crippen LogP contribution is 2.28. The highest BCUT2D eigenvalue weighted by atomic mass is 16.7. The summed E-state index contributed by atoms with van der Waals surface area (Å²) in [6.45, 7) is 6.33. The number of phenolic OH excluding ortho intramolecular Hbond substituents is 1. The van der Waals surface area contributed by atoms with E-state index in [-0.39, 0.29) is 51.1 Å². The maximum absolute atomic E-state index is 14.5. The molecular weight excluding hydrogens is 933 g/mol.